The zero-order chi connectivity index (χ0) is 17.1. The van der Waals surface area contributed by atoms with Gasteiger partial charge in [-0.2, -0.15) is 5.10 Å². The van der Waals surface area contributed by atoms with E-state index in [1.54, 1.807) is 18.3 Å². The Labute approximate surface area is 138 Å². The lowest BCUT2D eigenvalue weighted by atomic mass is 9.96. The number of nitro benzene ring substituents is 1. The molecule has 1 aliphatic rings. The highest BCUT2D eigenvalue weighted by Crippen LogP contribution is 2.33. The van der Waals surface area contributed by atoms with Crippen molar-refractivity contribution >= 4 is 11.6 Å². The van der Waals surface area contributed by atoms with Crippen LogP contribution >= 0.6 is 0 Å². The second-order valence-electron chi connectivity index (χ2n) is 5.98. The van der Waals surface area contributed by atoms with Gasteiger partial charge in [-0.3, -0.25) is 24.9 Å². The van der Waals surface area contributed by atoms with E-state index in [4.69, 9.17) is 5.73 Å². The van der Waals surface area contributed by atoms with Crippen LogP contribution in [0.4, 0.5) is 5.69 Å². The number of nitrogens with one attached hydrogen (secondary N) is 1. The highest BCUT2D eigenvalue weighted by Gasteiger charge is 2.27. The minimum absolute atomic E-state index is 0.0668. The Morgan fingerprint density at radius 1 is 1.46 bits per heavy atom. The van der Waals surface area contributed by atoms with Crippen molar-refractivity contribution in [3.8, 4) is 0 Å². The van der Waals surface area contributed by atoms with Crippen LogP contribution < -0.4 is 5.73 Å². The summed E-state index contributed by atoms with van der Waals surface area (Å²) in [7, 11) is 0. The SMILES string of the molecule is NC(=O)c1ccc(CN2CCCCC2c2cn[nH]c2)c([N+](=O)[O-])c1. The second kappa shape index (κ2) is 6.79. The highest BCUT2D eigenvalue weighted by molar-refractivity contribution is 5.93. The predicted molar refractivity (Wildman–Crippen MR) is 87.2 cm³/mol. The summed E-state index contributed by atoms with van der Waals surface area (Å²) in [6, 6.07) is 4.61. The normalized spacial score (nSPS) is 18.4. The van der Waals surface area contributed by atoms with Gasteiger partial charge in [-0.1, -0.05) is 12.5 Å². The van der Waals surface area contributed by atoms with Gasteiger partial charge in [0.05, 0.1) is 11.1 Å². The van der Waals surface area contributed by atoms with Crippen molar-refractivity contribution in [2.75, 3.05) is 6.54 Å². The number of hydrogen-bond acceptors (Lipinski definition) is 5. The minimum atomic E-state index is -0.668. The summed E-state index contributed by atoms with van der Waals surface area (Å²) in [4.78, 5) is 24.4. The molecular formula is C16H19N5O3. The number of piperidine rings is 1. The molecule has 3 rings (SSSR count). The molecule has 1 amide bonds. The van der Waals surface area contributed by atoms with Gasteiger partial charge in [0.15, 0.2) is 0 Å². The van der Waals surface area contributed by atoms with E-state index in [1.807, 2.05) is 6.20 Å². The van der Waals surface area contributed by atoms with Crippen molar-refractivity contribution in [1.29, 1.82) is 0 Å². The van der Waals surface area contributed by atoms with Crippen LogP contribution in [0.1, 0.15) is 46.8 Å². The smallest absolute Gasteiger partial charge is 0.274 e. The van der Waals surface area contributed by atoms with Crippen LogP contribution in [0.15, 0.2) is 30.6 Å². The Balaban J connectivity index is 1.88. The van der Waals surface area contributed by atoms with Crippen LogP contribution in [0.2, 0.25) is 0 Å². The van der Waals surface area contributed by atoms with Crippen molar-refractivity contribution in [3.63, 3.8) is 0 Å². The van der Waals surface area contributed by atoms with Crippen LogP contribution in [0, 0.1) is 10.1 Å². The monoisotopic (exact) mass is 329 g/mol. The number of likely N-dealkylation sites (tertiary alicyclic amines) is 1. The number of nitrogens with zero attached hydrogens (tertiary/aromatic N) is 3. The Morgan fingerprint density at radius 2 is 2.29 bits per heavy atom. The van der Waals surface area contributed by atoms with Crippen molar-refractivity contribution in [2.45, 2.75) is 31.8 Å². The van der Waals surface area contributed by atoms with Crippen LogP contribution in [-0.2, 0) is 6.54 Å². The third-order valence-electron chi connectivity index (χ3n) is 4.46. The Hall–Kier alpha value is -2.74. The third kappa shape index (κ3) is 3.28. The standard InChI is InChI=1S/C16H19N5O3/c17-16(22)11-4-5-12(15(7-11)21(23)24)10-20-6-2-1-3-14(20)13-8-18-19-9-13/h4-5,7-9,14H,1-3,6,10H2,(H2,17,22)(H,18,19). The molecule has 2 aromatic rings. The van der Waals surface area contributed by atoms with Gasteiger partial charge in [0.25, 0.3) is 5.69 Å². The summed E-state index contributed by atoms with van der Waals surface area (Å²) < 4.78 is 0. The number of carbonyl (C=O) groups excluding carboxylic acids is 1. The number of aromatic nitrogens is 2. The molecule has 0 radical (unpaired) electrons. The summed E-state index contributed by atoms with van der Waals surface area (Å²) in [6.45, 7) is 1.32. The second-order valence-corrected chi connectivity index (χ2v) is 5.98. The van der Waals surface area contributed by atoms with E-state index in [2.05, 4.69) is 15.1 Å². The zero-order valence-corrected chi connectivity index (χ0v) is 13.1. The first-order valence-corrected chi connectivity index (χ1v) is 7.86. The third-order valence-corrected chi connectivity index (χ3v) is 4.46. The average Bonchev–Trinajstić information content (AvgIpc) is 3.09. The van der Waals surface area contributed by atoms with Crippen LogP contribution in [0.25, 0.3) is 0 Å². The molecule has 0 aliphatic carbocycles. The lowest BCUT2D eigenvalue weighted by molar-refractivity contribution is -0.385. The van der Waals surface area contributed by atoms with Crippen molar-refractivity contribution in [1.82, 2.24) is 15.1 Å². The van der Waals surface area contributed by atoms with Crippen LogP contribution in [0.3, 0.4) is 0 Å². The van der Waals surface area contributed by atoms with E-state index < -0.39 is 10.8 Å². The molecule has 0 spiro atoms. The maximum atomic E-state index is 11.4. The first kappa shape index (κ1) is 16.1. The zero-order valence-electron chi connectivity index (χ0n) is 13.1. The Morgan fingerprint density at radius 3 is 2.96 bits per heavy atom. The summed E-state index contributed by atoms with van der Waals surface area (Å²) in [5.74, 6) is -0.668. The van der Waals surface area contributed by atoms with Gasteiger partial charge in [0.2, 0.25) is 5.91 Å². The Kier molecular flexibility index (Phi) is 4.57. The largest absolute Gasteiger partial charge is 0.366 e. The van der Waals surface area contributed by atoms with E-state index in [-0.39, 0.29) is 17.3 Å². The maximum Gasteiger partial charge on any atom is 0.274 e. The topological polar surface area (TPSA) is 118 Å². The number of benzene rings is 1. The van der Waals surface area contributed by atoms with Crippen molar-refractivity contribution < 1.29 is 9.72 Å². The fourth-order valence-corrected chi connectivity index (χ4v) is 3.24. The van der Waals surface area contributed by atoms with Gasteiger partial charge in [0, 0.05) is 41.5 Å². The number of aromatic amines is 1. The van der Waals surface area contributed by atoms with Gasteiger partial charge in [-0.25, -0.2) is 0 Å². The lowest BCUT2D eigenvalue weighted by Gasteiger charge is -2.35. The number of carbonyl (C=O) groups is 1. The first-order valence-electron chi connectivity index (χ1n) is 7.86. The molecule has 3 N–H and O–H groups in total. The van der Waals surface area contributed by atoms with Crippen LogP contribution in [-0.4, -0.2) is 32.5 Å². The number of amides is 1. The maximum absolute atomic E-state index is 11.4. The number of H-pyrrole nitrogens is 1. The molecule has 1 atom stereocenters. The molecule has 0 bridgehead atoms. The Bertz CT molecular complexity index is 744. The number of nitrogens with two attached hydrogens (primary N) is 1. The summed E-state index contributed by atoms with van der Waals surface area (Å²) in [5.41, 5.74) is 6.98. The summed E-state index contributed by atoms with van der Waals surface area (Å²) in [5, 5.41) is 18.2. The molecule has 24 heavy (non-hydrogen) atoms. The fraction of sp³-hybridized carbons (Fsp3) is 0.375. The molecule has 0 saturated carbocycles. The van der Waals surface area contributed by atoms with Gasteiger partial charge in [0.1, 0.15) is 0 Å². The van der Waals surface area contributed by atoms with Gasteiger partial charge < -0.3 is 5.73 Å². The molecule has 1 aromatic heterocycles. The van der Waals surface area contributed by atoms with Crippen molar-refractivity contribution in [3.05, 3.63) is 57.4 Å². The molecule has 1 fully saturated rings. The molecule has 1 aliphatic heterocycles. The predicted octanol–water partition coefficient (Wildman–Crippen LogP) is 2.14. The van der Waals surface area contributed by atoms with Gasteiger partial charge >= 0.3 is 0 Å². The van der Waals surface area contributed by atoms with E-state index in [0.29, 0.717) is 12.1 Å². The van der Waals surface area contributed by atoms with E-state index in [1.165, 1.54) is 6.07 Å². The molecule has 1 saturated heterocycles. The quantitative estimate of drug-likeness (QED) is 0.643. The van der Waals surface area contributed by atoms with E-state index >= 15 is 0 Å². The molecular weight excluding hydrogens is 310 g/mol. The van der Waals surface area contributed by atoms with E-state index in [0.717, 1.165) is 31.4 Å². The lowest BCUT2D eigenvalue weighted by Crippen LogP contribution is -2.33. The number of primary amides is 1. The number of nitro groups is 1. The van der Waals surface area contributed by atoms with Crippen molar-refractivity contribution in [2.24, 2.45) is 5.73 Å². The fourth-order valence-electron chi connectivity index (χ4n) is 3.24. The molecule has 8 nitrogen and oxygen atoms in total. The van der Waals surface area contributed by atoms with E-state index in [9.17, 15) is 14.9 Å². The molecule has 8 heteroatoms. The summed E-state index contributed by atoms with van der Waals surface area (Å²) in [6.07, 6.45) is 6.84. The summed E-state index contributed by atoms with van der Waals surface area (Å²) >= 11 is 0. The molecule has 1 aromatic carbocycles. The van der Waals surface area contributed by atoms with Gasteiger partial charge in [-0.15, -0.1) is 0 Å². The van der Waals surface area contributed by atoms with Gasteiger partial charge in [-0.05, 0) is 25.5 Å². The van der Waals surface area contributed by atoms with Crippen LogP contribution in [0.5, 0.6) is 0 Å². The number of hydrogen-bond donors (Lipinski definition) is 2. The average molecular weight is 329 g/mol. The molecule has 2 heterocycles. The molecule has 1 unspecified atom stereocenters. The minimum Gasteiger partial charge on any atom is -0.366 e. The number of rotatable bonds is 5. The molecule has 126 valence electrons. The first-order chi connectivity index (χ1) is 11.6. The highest BCUT2D eigenvalue weighted by atomic mass is 16.6.